The lowest BCUT2D eigenvalue weighted by atomic mass is 9.43. The molecule has 1 saturated heterocycles. The SMILES string of the molecule is CC(C)C[C@H](NC(=O)CN)B1O[C@@H]2C[C@H]3C[C@H](C3(C)C)[C@]2(C)O1. The van der Waals surface area contributed by atoms with Gasteiger partial charge in [-0.2, -0.15) is 0 Å². The van der Waals surface area contributed by atoms with Crippen molar-refractivity contribution in [1.82, 2.24) is 5.32 Å². The van der Waals surface area contributed by atoms with Crippen LogP contribution in [-0.4, -0.2) is 37.2 Å². The molecule has 3 N–H and O–H groups in total. The first-order valence-corrected chi connectivity index (χ1v) is 9.01. The van der Waals surface area contributed by atoms with E-state index in [0.29, 0.717) is 17.3 Å². The highest BCUT2D eigenvalue weighted by Gasteiger charge is 2.68. The molecule has 3 aliphatic carbocycles. The normalized spacial score (nSPS) is 38.9. The van der Waals surface area contributed by atoms with Crippen LogP contribution < -0.4 is 11.1 Å². The standard InChI is InChI=1S/C17H31BN2O3/c1-10(2)6-14(20-15(21)9-19)18-22-13-8-11-7-12(16(11,3)4)17(13,5)23-18/h10-14H,6-9,19H2,1-5H3,(H,20,21)/t11-,12-,13-,14+,17+/m1/s1. The molecule has 5 nitrogen and oxygen atoms in total. The zero-order valence-corrected chi connectivity index (χ0v) is 15.1. The van der Waals surface area contributed by atoms with E-state index in [1.54, 1.807) is 0 Å². The van der Waals surface area contributed by atoms with Gasteiger partial charge in [0.25, 0.3) is 0 Å². The third-order valence-electron chi connectivity index (χ3n) is 6.55. The fourth-order valence-electron chi connectivity index (χ4n) is 5.08. The van der Waals surface area contributed by atoms with Crippen molar-refractivity contribution in [2.75, 3.05) is 6.54 Å². The van der Waals surface area contributed by atoms with Gasteiger partial charge in [0.15, 0.2) is 0 Å². The Hall–Kier alpha value is -0.585. The van der Waals surface area contributed by atoms with Gasteiger partial charge in [-0.25, -0.2) is 0 Å². The number of carbonyl (C=O) groups is 1. The molecular formula is C17H31BN2O3. The molecule has 4 rings (SSSR count). The second-order valence-corrected chi connectivity index (χ2v) is 8.84. The van der Waals surface area contributed by atoms with Gasteiger partial charge in [0, 0.05) is 0 Å². The minimum atomic E-state index is -0.363. The van der Waals surface area contributed by atoms with E-state index in [-0.39, 0.29) is 37.2 Å². The number of hydrogen-bond acceptors (Lipinski definition) is 4. The van der Waals surface area contributed by atoms with Crippen molar-refractivity contribution >= 4 is 13.0 Å². The van der Waals surface area contributed by atoms with Crippen LogP contribution in [-0.2, 0) is 14.1 Å². The van der Waals surface area contributed by atoms with Gasteiger partial charge >= 0.3 is 7.12 Å². The summed E-state index contributed by atoms with van der Waals surface area (Å²) in [5, 5.41) is 3.00. The highest BCUT2D eigenvalue weighted by molar-refractivity contribution is 6.47. The lowest BCUT2D eigenvalue weighted by Crippen LogP contribution is -2.65. The van der Waals surface area contributed by atoms with E-state index in [1.807, 2.05) is 0 Å². The summed E-state index contributed by atoms with van der Waals surface area (Å²) in [4.78, 5) is 11.8. The van der Waals surface area contributed by atoms with Crippen LogP contribution in [0.5, 0.6) is 0 Å². The van der Waals surface area contributed by atoms with Gasteiger partial charge in [0.2, 0.25) is 5.91 Å². The van der Waals surface area contributed by atoms with Crippen molar-refractivity contribution in [3.05, 3.63) is 0 Å². The molecule has 0 spiro atoms. The van der Waals surface area contributed by atoms with Crippen LogP contribution in [0.2, 0.25) is 0 Å². The van der Waals surface area contributed by atoms with Gasteiger partial charge in [-0.3, -0.25) is 4.79 Å². The van der Waals surface area contributed by atoms with E-state index < -0.39 is 0 Å². The molecule has 0 aromatic heterocycles. The highest BCUT2D eigenvalue weighted by Crippen LogP contribution is 2.65. The van der Waals surface area contributed by atoms with Crippen molar-refractivity contribution < 1.29 is 14.1 Å². The zero-order chi connectivity index (χ0) is 17.0. The lowest BCUT2D eigenvalue weighted by Gasteiger charge is -2.64. The van der Waals surface area contributed by atoms with E-state index in [2.05, 4.69) is 39.9 Å². The molecule has 1 aliphatic heterocycles. The lowest BCUT2D eigenvalue weighted by molar-refractivity contribution is -0.199. The van der Waals surface area contributed by atoms with Crippen LogP contribution in [0.3, 0.4) is 0 Å². The highest BCUT2D eigenvalue weighted by atomic mass is 16.7. The Kier molecular flexibility index (Phi) is 4.31. The molecule has 0 aromatic rings. The molecule has 6 heteroatoms. The van der Waals surface area contributed by atoms with E-state index in [1.165, 1.54) is 6.42 Å². The van der Waals surface area contributed by atoms with Gasteiger partial charge in [-0.15, -0.1) is 0 Å². The fraction of sp³-hybridized carbons (Fsp3) is 0.941. The molecule has 0 radical (unpaired) electrons. The topological polar surface area (TPSA) is 73.6 Å². The van der Waals surface area contributed by atoms with Crippen LogP contribution in [0.4, 0.5) is 0 Å². The molecule has 0 unspecified atom stereocenters. The second-order valence-electron chi connectivity index (χ2n) is 8.84. The summed E-state index contributed by atoms with van der Waals surface area (Å²) in [5.74, 6) is 1.44. The first kappa shape index (κ1) is 17.2. The Labute approximate surface area is 140 Å². The maximum absolute atomic E-state index is 11.8. The van der Waals surface area contributed by atoms with Gasteiger partial charge in [0.1, 0.15) is 0 Å². The smallest absolute Gasteiger partial charge is 0.404 e. The maximum atomic E-state index is 11.8. The second kappa shape index (κ2) is 5.75. The third-order valence-corrected chi connectivity index (χ3v) is 6.55. The number of nitrogens with one attached hydrogen (secondary N) is 1. The minimum absolute atomic E-state index is 0.000256. The zero-order valence-electron chi connectivity index (χ0n) is 15.1. The molecule has 1 heterocycles. The van der Waals surface area contributed by atoms with Crippen LogP contribution in [0.15, 0.2) is 0 Å². The summed E-state index contributed by atoms with van der Waals surface area (Å²) in [6.07, 6.45) is 3.28. The summed E-state index contributed by atoms with van der Waals surface area (Å²) in [6.45, 7) is 11.2. The molecule has 5 atom stereocenters. The Bertz CT molecular complexity index is 484. The van der Waals surface area contributed by atoms with Crippen molar-refractivity contribution in [1.29, 1.82) is 0 Å². The van der Waals surface area contributed by atoms with Crippen LogP contribution in [0.1, 0.15) is 53.9 Å². The van der Waals surface area contributed by atoms with Crippen LogP contribution in [0, 0.1) is 23.2 Å². The summed E-state index contributed by atoms with van der Waals surface area (Å²) in [5.41, 5.74) is 5.56. The predicted molar refractivity (Wildman–Crippen MR) is 90.6 cm³/mol. The van der Waals surface area contributed by atoms with Crippen LogP contribution >= 0.6 is 0 Å². The molecule has 0 aromatic carbocycles. The first-order chi connectivity index (χ1) is 10.7. The Morgan fingerprint density at radius 1 is 1.35 bits per heavy atom. The average molecular weight is 322 g/mol. The van der Waals surface area contributed by atoms with Gasteiger partial charge in [0.05, 0.1) is 24.2 Å². The van der Waals surface area contributed by atoms with E-state index in [4.69, 9.17) is 15.0 Å². The molecule has 3 saturated carbocycles. The van der Waals surface area contributed by atoms with Gasteiger partial charge in [-0.1, -0.05) is 27.7 Å². The largest absolute Gasteiger partial charge is 0.481 e. The van der Waals surface area contributed by atoms with E-state index in [9.17, 15) is 4.79 Å². The Balaban J connectivity index is 1.75. The molecule has 4 fully saturated rings. The quantitative estimate of drug-likeness (QED) is 0.756. The Morgan fingerprint density at radius 3 is 2.61 bits per heavy atom. The van der Waals surface area contributed by atoms with Crippen molar-refractivity contribution in [3.63, 3.8) is 0 Å². The molecule has 23 heavy (non-hydrogen) atoms. The Morgan fingerprint density at radius 2 is 2.04 bits per heavy atom. The van der Waals surface area contributed by atoms with Crippen LogP contribution in [0.25, 0.3) is 0 Å². The monoisotopic (exact) mass is 322 g/mol. The summed E-state index contributed by atoms with van der Waals surface area (Å²) < 4.78 is 12.8. The molecule has 4 aliphatic rings. The average Bonchev–Trinajstić information content (AvgIpc) is 2.82. The number of amides is 1. The molecule has 2 bridgehead atoms. The number of nitrogens with two attached hydrogens (primary N) is 1. The van der Waals surface area contributed by atoms with E-state index >= 15 is 0 Å². The summed E-state index contributed by atoms with van der Waals surface area (Å²) >= 11 is 0. The molecule has 1 amide bonds. The van der Waals surface area contributed by atoms with Crippen molar-refractivity contribution in [2.24, 2.45) is 28.9 Å². The van der Waals surface area contributed by atoms with Gasteiger partial charge in [-0.05, 0) is 49.4 Å². The summed E-state index contributed by atoms with van der Waals surface area (Å²) in [7, 11) is -0.363. The summed E-state index contributed by atoms with van der Waals surface area (Å²) in [6, 6.07) is 0. The maximum Gasteiger partial charge on any atom is 0.481 e. The van der Waals surface area contributed by atoms with E-state index in [0.717, 1.165) is 18.8 Å². The third kappa shape index (κ3) is 2.73. The number of rotatable bonds is 5. The predicted octanol–water partition coefficient (Wildman–Crippen LogP) is 1.74. The van der Waals surface area contributed by atoms with Crippen molar-refractivity contribution in [3.8, 4) is 0 Å². The molecular weight excluding hydrogens is 291 g/mol. The van der Waals surface area contributed by atoms with Crippen molar-refractivity contribution in [2.45, 2.75) is 71.5 Å². The number of hydrogen-bond donors (Lipinski definition) is 2. The minimum Gasteiger partial charge on any atom is -0.404 e. The molecule has 130 valence electrons. The first-order valence-electron chi connectivity index (χ1n) is 9.01. The fourth-order valence-corrected chi connectivity index (χ4v) is 5.08. The number of carbonyl (C=O) groups excluding carboxylic acids is 1. The van der Waals surface area contributed by atoms with Gasteiger partial charge < -0.3 is 20.4 Å².